The van der Waals surface area contributed by atoms with Gasteiger partial charge >= 0.3 is 0 Å². The van der Waals surface area contributed by atoms with E-state index in [0.717, 1.165) is 17.1 Å². The maximum absolute atomic E-state index is 12.2. The zero-order chi connectivity index (χ0) is 17.4. The lowest BCUT2D eigenvalue weighted by molar-refractivity contribution is -0.120. The first-order valence-electron chi connectivity index (χ1n) is 8.23. The van der Waals surface area contributed by atoms with Crippen molar-refractivity contribution in [1.29, 1.82) is 0 Å². The summed E-state index contributed by atoms with van der Waals surface area (Å²) in [4.78, 5) is 12.2. The predicted octanol–water partition coefficient (Wildman–Crippen LogP) is 4.41. The number of hydrogen-bond acceptors (Lipinski definition) is 3. The van der Waals surface area contributed by atoms with Gasteiger partial charge < -0.3 is 10.1 Å². The van der Waals surface area contributed by atoms with Crippen LogP contribution in [0.25, 0.3) is 0 Å². The Balaban J connectivity index is 1.79. The van der Waals surface area contributed by atoms with Crippen LogP contribution in [0.4, 0.5) is 0 Å². The smallest absolute Gasteiger partial charge is 0.233 e. The fraction of sp³-hybridized carbons (Fsp3) is 0.350. The van der Waals surface area contributed by atoms with E-state index in [1.54, 1.807) is 11.8 Å². The molecule has 1 atom stereocenters. The van der Waals surface area contributed by atoms with Crippen LogP contribution in [0.1, 0.15) is 31.9 Å². The Morgan fingerprint density at radius 1 is 1.04 bits per heavy atom. The molecule has 0 heterocycles. The third kappa shape index (κ3) is 6.28. The van der Waals surface area contributed by atoms with Crippen LogP contribution in [0.3, 0.4) is 0 Å². The molecular formula is C20H25NO2S. The summed E-state index contributed by atoms with van der Waals surface area (Å²) >= 11 is 1.65. The van der Waals surface area contributed by atoms with Crippen LogP contribution in [-0.2, 0) is 17.1 Å². The first kappa shape index (κ1) is 18.4. The van der Waals surface area contributed by atoms with E-state index in [4.69, 9.17) is 4.74 Å². The molecule has 0 aromatic heterocycles. The van der Waals surface area contributed by atoms with Gasteiger partial charge in [-0.1, -0.05) is 42.5 Å². The highest BCUT2D eigenvalue weighted by molar-refractivity contribution is 7.99. The van der Waals surface area contributed by atoms with Crippen molar-refractivity contribution in [2.24, 2.45) is 0 Å². The Kier molecular flexibility index (Phi) is 7.19. The Bertz CT molecular complexity index is 643. The fourth-order valence-corrected chi connectivity index (χ4v) is 3.07. The van der Waals surface area contributed by atoms with Crippen LogP contribution in [0.2, 0.25) is 0 Å². The highest BCUT2D eigenvalue weighted by Gasteiger charge is 2.13. The predicted molar refractivity (Wildman–Crippen MR) is 101 cm³/mol. The number of benzene rings is 2. The molecule has 128 valence electrons. The van der Waals surface area contributed by atoms with Crippen molar-refractivity contribution in [3.05, 3.63) is 65.7 Å². The monoisotopic (exact) mass is 343 g/mol. The lowest BCUT2D eigenvalue weighted by Gasteiger charge is -2.13. The zero-order valence-electron chi connectivity index (χ0n) is 14.5. The molecule has 24 heavy (non-hydrogen) atoms. The molecule has 1 amide bonds. The highest BCUT2D eigenvalue weighted by Crippen LogP contribution is 2.18. The van der Waals surface area contributed by atoms with Gasteiger partial charge in [-0.3, -0.25) is 4.79 Å². The van der Waals surface area contributed by atoms with Gasteiger partial charge in [0.15, 0.2) is 0 Å². The molecule has 0 radical (unpaired) electrons. The molecule has 0 fully saturated rings. The van der Waals surface area contributed by atoms with Crippen LogP contribution >= 0.6 is 11.8 Å². The quantitative estimate of drug-likeness (QED) is 0.771. The zero-order valence-corrected chi connectivity index (χ0v) is 15.3. The van der Waals surface area contributed by atoms with Crippen LogP contribution in [0.15, 0.2) is 54.6 Å². The summed E-state index contributed by atoms with van der Waals surface area (Å²) < 4.78 is 5.68. The molecule has 2 aromatic rings. The van der Waals surface area contributed by atoms with Crippen molar-refractivity contribution in [2.45, 2.75) is 44.4 Å². The van der Waals surface area contributed by atoms with Crippen molar-refractivity contribution in [2.75, 3.05) is 0 Å². The SMILES string of the molecule is CC(C)Oc1cccc(CNC(=O)[C@H](C)SCc2ccccc2)c1. The molecule has 2 aromatic carbocycles. The van der Waals surface area contributed by atoms with Gasteiger partial charge in [0, 0.05) is 12.3 Å². The Morgan fingerprint density at radius 2 is 1.75 bits per heavy atom. The third-order valence-electron chi connectivity index (χ3n) is 3.45. The fourth-order valence-electron chi connectivity index (χ4n) is 2.20. The summed E-state index contributed by atoms with van der Waals surface area (Å²) in [6, 6.07) is 18.1. The second kappa shape index (κ2) is 9.38. The number of nitrogens with one attached hydrogen (secondary N) is 1. The second-order valence-corrected chi connectivity index (χ2v) is 7.30. The van der Waals surface area contributed by atoms with E-state index in [9.17, 15) is 4.79 Å². The van der Waals surface area contributed by atoms with Crippen LogP contribution in [-0.4, -0.2) is 17.3 Å². The summed E-state index contributed by atoms with van der Waals surface area (Å²) in [7, 11) is 0. The minimum atomic E-state index is -0.0831. The van der Waals surface area contributed by atoms with Gasteiger partial charge in [-0.2, -0.15) is 0 Å². The lowest BCUT2D eigenvalue weighted by atomic mass is 10.2. The molecule has 0 aliphatic heterocycles. The van der Waals surface area contributed by atoms with Crippen LogP contribution < -0.4 is 10.1 Å². The van der Waals surface area contributed by atoms with Gasteiger partial charge in [0.1, 0.15) is 5.75 Å². The second-order valence-electron chi connectivity index (χ2n) is 5.97. The number of ether oxygens (including phenoxy) is 1. The van der Waals surface area contributed by atoms with E-state index < -0.39 is 0 Å². The first-order chi connectivity index (χ1) is 11.5. The summed E-state index contributed by atoms with van der Waals surface area (Å²) in [5, 5.41) is 2.92. The van der Waals surface area contributed by atoms with Gasteiger partial charge in [0.25, 0.3) is 0 Å². The maximum Gasteiger partial charge on any atom is 0.233 e. The molecule has 2 rings (SSSR count). The largest absolute Gasteiger partial charge is 0.491 e. The number of rotatable bonds is 8. The van der Waals surface area contributed by atoms with Gasteiger partial charge in [0.05, 0.1) is 11.4 Å². The van der Waals surface area contributed by atoms with Crippen molar-refractivity contribution in [1.82, 2.24) is 5.32 Å². The Morgan fingerprint density at radius 3 is 2.46 bits per heavy atom. The molecule has 3 nitrogen and oxygen atoms in total. The molecule has 0 unspecified atom stereocenters. The molecule has 1 N–H and O–H groups in total. The number of carbonyl (C=O) groups excluding carboxylic acids is 1. The number of thioether (sulfide) groups is 1. The summed E-state index contributed by atoms with van der Waals surface area (Å²) in [5.74, 6) is 1.74. The van der Waals surface area contributed by atoms with E-state index in [-0.39, 0.29) is 17.3 Å². The standard InChI is InChI=1S/C20H25NO2S/c1-15(2)23-19-11-7-10-18(12-19)13-21-20(22)16(3)24-14-17-8-5-4-6-9-17/h4-12,15-16H,13-14H2,1-3H3,(H,21,22)/t16-/m0/s1. The first-order valence-corrected chi connectivity index (χ1v) is 9.28. The maximum atomic E-state index is 12.2. The molecule has 0 aliphatic carbocycles. The van der Waals surface area contributed by atoms with Crippen LogP contribution in [0.5, 0.6) is 5.75 Å². The Labute approximate surface area is 148 Å². The van der Waals surface area contributed by atoms with Crippen molar-refractivity contribution in [3.8, 4) is 5.75 Å². The highest BCUT2D eigenvalue weighted by atomic mass is 32.2. The molecule has 0 aliphatic rings. The molecule has 0 saturated carbocycles. The number of carbonyl (C=O) groups is 1. The minimum Gasteiger partial charge on any atom is -0.491 e. The minimum absolute atomic E-state index is 0.0612. The molecule has 4 heteroatoms. The van der Waals surface area contributed by atoms with Gasteiger partial charge in [-0.05, 0) is 44.0 Å². The van der Waals surface area contributed by atoms with E-state index in [1.165, 1.54) is 5.56 Å². The van der Waals surface area contributed by atoms with Crippen LogP contribution in [0, 0.1) is 0 Å². The number of amides is 1. The topological polar surface area (TPSA) is 38.3 Å². The lowest BCUT2D eigenvalue weighted by Crippen LogP contribution is -2.30. The van der Waals surface area contributed by atoms with Crippen molar-refractivity contribution < 1.29 is 9.53 Å². The average Bonchev–Trinajstić information content (AvgIpc) is 2.58. The van der Waals surface area contributed by atoms with Crippen molar-refractivity contribution >= 4 is 17.7 Å². The Hall–Kier alpha value is -1.94. The summed E-state index contributed by atoms with van der Waals surface area (Å²) in [6.07, 6.45) is 0.143. The van der Waals surface area contributed by atoms with E-state index in [0.29, 0.717) is 6.54 Å². The van der Waals surface area contributed by atoms with E-state index >= 15 is 0 Å². The third-order valence-corrected chi connectivity index (χ3v) is 4.66. The van der Waals surface area contributed by atoms with Gasteiger partial charge in [-0.25, -0.2) is 0 Å². The van der Waals surface area contributed by atoms with Crippen molar-refractivity contribution in [3.63, 3.8) is 0 Å². The normalized spacial score (nSPS) is 12.0. The van der Waals surface area contributed by atoms with Gasteiger partial charge in [0.2, 0.25) is 5.91 Å². The van der Waals surface area contributed by atoms with Gasteiger partial charge in [-0.15, -0.1) is 11.8 Å². The summed E-state index contributed by atoms with van der Waals surface area (Å²) in [5.41, 5.74) is 2.28. The molecule has 0 saturated heterocycles. The molecular weight excluding hydrogens is 318 g/mol. The van der Waals surface area contributed by atoms with E-state index in [2.05, 4.69) is 17.4 Å². The summed E-state index contributed by atoms with van der Waals surface area (Å²) in [6.45, 7) is 6.46. The molecule has 0 spiro atoms. The molecule has 0 bridgehead atoms. The number of hydrogen-bond donors (Lipinski definition) is 1. The van der Waals surface area contributed by atoms with E-state index in [1.807, 2.05) is 63.2 Å². The average molecular weight is 343 g/mol.